The number of carbonyl (C=O) groups excluding carboxylic acids is 1. The molecule has 0 amide bonds. The first kappa shape index (κ1) is 22.0. The molecule has 0 radical (unpaired) electrons. The van der Waals surface area contributed by atoms with Gasteiger partial charge in [0, 0.05) is 0 Å². The Morgan fingerprint density at radius 3 is 1.30 bits per heavy atom. The summed E-state index contributed by atoms with van der Waals surface area (Å²) in [6.45, 7) is 8.19. The van der Waals surface area contributed by atoms with Crippen LogP contribution in [0.2, 0.25) is 0 Å². The maximum absolute atomic E-state index is 12.9. The molecule has 0 aliphatic rings. The van der Waals surface area contributed by atoms with Crippen LogP contribution in [0.4, 0.5) is 26.3 Å². The number of carbonyl (C=O) groups is 1. The van der Waals surface area contributed by atoms with Gasteiger partial charge in [-0.3, -0.25) is 4.79 Å². The number of hydrogen-bond donors (Lipinski definition) is 1. The van der Waals surface area contributed by atoms with Gasteiger partial charge in [0.05, 0.1) is 5.41 Å². The third-order valence-corrected chi connectivity index (χ3v) is 4.42. The molecule has 0 aliphatic heterocycles. The van der Waals surface area contributed by atoms with Crippen molar-refractivity contribution in [3.8, 4) is 0 Å². The van der Waals surface area contributed by atoms with Crippen molar-refractivity contribution >= 4 is 5.97 Å². The lowest BCUT2D eigenvalue weighted by atomic mass is 9.69. The first-order valence-electron chi connectivity index (χ1n) is 6.72. The van der Waals surface area contributed by atoms with Gasteiger partial charge in [-0.1, -0.05) is 20.8 Å². The van der Waals surface area contributed by atoms with Gasteiger partial charge in [-0.15, -0.1) is 0 Å². The zero-order valence-electron chi connectivity index (χ0n) is 14.0. The third kappa shape index (κ3) is 3.59. The number of hydrogen-bond acceptors (Lipinski definition) is 3. The average Bonchev–Trinajstić information content (AvgIpc) is 2.22. The highest BCUT2D eigenvalue weighted by Crippen LogP contribution is 2.51. The van der Waals surface area contributed by atoms with Crippen molar-refractivity contribution in [2.24, 2.45) is 10.8 Å². The molecule has 0 heterocycles. The average molecular weight is 352 g/mol. The molecule has 138 valence electrons. The summed E-state index contributed by atoms with van der Waals surface area (Å²) in [5.41, 5.74) is -10.7. The molecule has 0 unspecified atom stereocenters. The van der Waals surface area contributed by atoms with Gasteiger partial charge in [-0.2, -0.15) is 26.3 Å². The van der Waals surface area contributed by atoms with E-state index in [1.807, 2.05) is 0 Å². The Morgan fingerprint density at radius 2 is 1.09 bits per heavy atom. The summed E-state index contributed by atoms with van der Waals surface area (Å²) in [4.78, 5) is 12.2. The van der Waals surface area contributed by atoms with Gasteiger partial charge >= 0.3 is 18.3 Å². The lowest BCUT2D eigenvalue weighted by molar-refractivity contribution is -0.408. The van der Waals surface area contributed by atoms with Gasteiger partial charge in [-0.25, -0.2) is 0 Å². The zero-order valence-corrected chi connectivity index (χ0v) is 14.0. The van der Waals surface area contributed by atoms with Crippen LogP contribution in [0, 0.1) is 10.8 Å². The van der Waals surface area contributed by atoms with Crippen molar-refractivity contribution in [2.45, 2.75) is 72.0 Å². The minimum Gasteiger partial charge on any atom is -0.455 e. The number of rotatable bonds is 3. The standard InChI is InChI=1S/C14H22F6O3/c1-9(2,3)10(4,5)8(21)23-11(6,7)12(22,13(15,16)17)14(18,19)20/h22H,1-7H3. The predicted molar refractivity (Wildman–Crippen MR) is 70.5 cm³/mol. The van der Waals surface area contributed by atoms with Crippen LogP contribution in [-0.2, 0) is 9.53 Å². The van der Waals surface area contributed by atoms with E-state index in [9.17, 15) is 36.2 Å². The fourth-order valence-electron chi connectivity index (χ4n) is 1.58. The van der Waals surface area contributed by atoms with E-state index < -0.39 is 40.4 Å². The number of halogens is 6. The highest BCUT2D eigenvalue weighted by atomic mass is 19.4. The molecule has 3 nitrogen and oxygen atoms in total. The highest BCUT2D eigenvalue weighted by molar-refractivity contribution is 5.77. The second-order valence-electron chi connectivity index (χ2n) is 7.48. The van der Waals surface area contributed by atoms with Crippen LogP contribution in [0.1, 0.15) is 48.5 Å². The van der Waals surface area contributed by atoms with Crippen LogP contribution < -0.4 is 0 Å². The molecule has 0 spiro atoms. The topological polar surface area (TPSA) is 46.5 Å². The maximum atomic E-state index is 12.9. The summed E-state index contributed by atoms with van der Waals surface area (Å²) in [6, 6.07) is 0. The van der Waals surface area contributed by atoms with Crippen LogP contribution in [-0.4, -0.2) is 34.6 Å². The molecule has 0 aromatic rings. The van der Waals surface area contributed by atoms with Crippen molar-refractivity contribution in [1.82, 2.24) is 0 Å². The second kappa shape index (κ2) is 5.53. The van der Waals surface area contributed by atoms with E-state index in [2.05, 4.69) is 4.74 Å². The molecule has 0 fully saturated rings. The third-order valence-electron chi connectivity index (χ3n) is 4.42. The Labute approximate surface area is 131 Å². The lowest BCUT2D eigenvalue weighted by Gasteiger charge is -2.45. The second-order valence-corrected chi connectivity index (χ2v) is 7.48. The smallest absolute Gasteiger partial charge is 0.430 e. The molecule has 0 atom stereocenters. The Bertz CT molecular complexity index is 441. The molecule has 0 saturated heterocycles. The molecular formula is C14H22F6O3. The number of aliphatic hydroxyl groups is 1. The summed E-state index contributed by atoms with van der Waals surface area (Å²) < 4.78 is 82.0. The SMILES string of the molecule is CC(C)(C)C(C)(C)C(=O)OC(C)(C)C(O)(C(F)(F)F)C(F)(F)F. The van der Waals surface area contributed by atoms with E-state index >= 15 is 0 Å². The van der Waals surface area contributed by atoms with Gasteiger partial charge in [0.1, 0.15) is 0 Å². The fraction of sp³-hybridized carbons (Fsp3) is 0.929. The Kier molecular flexibility index (Phi) is 5.29. The van der Waals surface area contributed by atoms with Gasteiger partial charge in [0.15, 0.2) is 5.60 Å². The van der Waals surface area contributed by atoms with Crippen LogP contribution >= 0.6 is 0 Å². The van der Waals surface area contributed by atoms with E-state index in [0.29, 0.717) is 13.8 Å². The summed E-state index contributed by atoms with van der Waals surface area (Å²) >= 11 is 0. The number of ether oxygens (including phenoxy) is 1. The van der Waals surface area contributed by atoms with Gasteiger partial charge in [-0.05, 0) is 33.1 Å². The molecule has 0 aromatic heterocycles. The quantitative estimate of drug-likeness (QED) is 0.611. The molecule has 0 bridgehead atoms. The molecule has 0 saturated carbocycles. The molecule has 9 heteroatoms. The summed E-state index contributed by atoms with van der Waals surface area (Å²) in [6.07, 6.45) is -12.2. The molecule has 0 aliphatic carbocycles. The van der Waals surface area contributed by atoms with Crippen molar-refractivity contribution in [3.05, 3.63) is 0 Å². The van der Waals surface area contributed by atoms with E-state index in [1.54, 1.807) is 20.8 Å². The van der Waals surface area contributed by atoms with Gasteiger partial charge in [0.2, 0.25) is 0 Å². The van der Waals surface area contributed by atoms with Crippen molar-refractivity contribution in [1.29, 1.82) is 0 Å². The first-order chi connectivity index (χ1) is 9.63. The van der Waals surface area contributed by atoms with Gasteiger partial charge < -0.3 is 9.84 Å². The molecule has 23 heavy (non-hydrogen) atoms. The zero-order chi connectivity index (χ0) is 19.3. The van der Waals surface area contributed by atoms with E-state index in [4.69, 9.17) is 0 Å². The Hall–Kier alpha value is -0.990. The van der Waals surface area contributed by atoms with Crippen LogP contribution in [0.15, 0.2) is 0 Å². The van der Waals surface area contributed by atoms with Crippen LogP contribution in [0.25, 0.3) is 0 Å². The van der Waals surface area contributed by atoms with Crippen molar-refractivity contribution < 1.29 is 41.0 Å². The molecular weight excluding hydrogens is 330 g/mol. The molecule has 1 N–H and O–H groups in total. The summed E-state index contributed by atoms with van der Waals surface area (Å²) in [5, 5.41) is 9.40. The monoisotopic (exact) mass is 352 g/mol. The van der Waals surface area contributed by atoms with E-state index in [-0.39, 0.29) is 0 Å². The highest BCUT2D eigenvalue weighted by Gasteiger charge is 2.78. The Morgan fingerprint density at radius 1 is 0.783 bits per heavy atom. The predicted octanol–water partition coefficient (Wildman–Crippen LogP) is 4.24. The molecule has 0 aromatic carbocycles. The largest absolute Gasteiger partial charge is 0.455 e. The number of alkyl halides is 6. The summed E-state index contributed by atoms with van der Waals surface area (Å²) in [7, 11) is 0. The lowest BCUT2D eigenvalue weighted by Crippen LogP contribution is -2.70. The van der Waals surface area contributed by atoms with Gasteiger partial charge in [0.25, 0.3) is 5.60 Å². The van der Waals surface area contributed by atoms with Crippen LogP contribution in [0.3, 0.4) is 0 Å². The fourth-order valence-corrected chi connectivity index (χ4v) is 1.58. The maximum Gasteiger partial charge on any atom is 0.430 e. The normalized spacial score (nSPS) is 15.6. The van der Waals surface area contributed by atoms with E-state index in [0.717, 1.165) is 0 Å². The van der Waals surface area contributed by atoms with E-state index in [1.165, 1.54) is 13.8 Å². The minimum absolute atomic E-state index is 0.380. The Balaban J connectivity index is 5.94. The van der Waals surface area contributed by atoms with Crippen molar-refractivity contribution in [3.63, 3.8) is 0 Å². The summed E-state index contributed by atoms with van der Waals surface area (Å²) in [5.74, 6) is -1.28. The van der Waals surface area contributed by atoms with Crippen molar-refractivity contribution in [2.75, 3.05) is 0 Å². The number of esters is 1. The van der Waals surface area contributed by atoms with Crippen LogP contribution in [0.5, 0.6) is 0 Å². The molecule has 0 rings (SSSR count). The minimum atomic E-state index is -6.08. The first-order valence-corrected chi connectivity index (χ1v) is 6.72.